The van der Waals surface area contributed by atoms with Gasteiger partial charge >= 0.3 is 0 Å². The van der Waals surface area contributed by atoms with Crippen molar-refractivity contribution in [1.82, 2.24) is 4.57 Å². The van der Waals surface area contributed by atoms with Gasteiger partial charge in [-0.1, -0.05) is 12.1 Å². The minimum atomic E-state index is -0.911. The number of nitrogens with zero attached hydrogens (tertiary/aromatic N) is 1. The van der Waals surface area contributed by atoms with Gasteiger partial charge in [0.25, 0.3) is 0 Å². The SMILES string of the molecule is CC(C)n1cc(C(C)(C)O)c2cccc(O)c21. The third-order valence-electron chi connectivity index (χ3n) is 3.05. The zero-order chi connectivity index (χ0) is 12.8. The normalized spacial score (nSPS) is 12.6. The van der Waals surface area contributed by atoms with Crippen LogP contribution in [-0.4, -0.2) is 14.8 Å². The predicted octanol–water partition coefficient (Wildman–Crippen LogP) is 3.16. The maximum absolute atomic E-state index is 10.2. The van der Waals surface area contributed by atoms with Gasteiger partial charge in [-0.25, -0.2) is 0 Å². The lowest BCUT2D eigenvalue weighted by Crippen LogP contribution is -2.14. The van der Waals surface area contributed by atoms with Crippen LogP contribution in [0.3, 0.4) is 0 Å². The van der Waals surface area contributed by atoms with E-state index in [1.807, 2.05) is 16.8 Å². The molecule has 92 valence electrons. The molecule has 0 aliphatic carbocycles. The Hall–Kier alpha value is -1.48. The first-order valence-electron chi connectivity index (χ1n) is 5.87. The molecule has 0 spiro atoms. The molecule has 3 heteroatoms. The molecule has 0 bridgehead atoms. The number of aromatic hydroxyl groups is 1. The number of fused-ring (bicyclic) bond motifs is 1. The second kappa shape index (κ2) is 3.77. The summed E-state index contributed by atoms with van der Waals surface area (Å²) >= 11 is 0. The smallest absolute Gasteiger partial charge is 0.139 e. The van der Waals surface area contributed by atoms with Gasteiger partial charge in [0.1, 0.15) is 5.75 Å². The fraction of sp³-hybridized carbons (Fsp3) is 0.429. The van der Waals surface area contributed by atoms with Crippen molar-refractivity contribution in [2.45, 2.75) is 39.3 Å². The van der Waals surface area contributed by atoms with Crippen LogP contribution in [0.1, 0.15) is 39.3 Å². The lowest BCUT2D eigenvalue weighted by atomic mass is 9.98. The summed E-state index contributed by atoms with van der Waals surface area (Å²) in [6.45, 7) is 7.63. The highest BCUT2D eigenvalue weighted by Crippen LogP contribution is 2.36. The molecule has 2 N–H and O–H groups in total. The van der Waals surface area contributed by atoms with Gasteiger partial charge in [0.05, 0.1) is 11.1 Å². The predicted molar refractivity (Wildman–Crippen MR) is 69.2 cm³/mol. The third-order valence-corrected chi connectivity index (χ3v) is 3.05. The van der Waals surface area contributed by atoms with Gasteiger partial charge in [0.15, 0.2) is 0 Å². The second-order valence-corrected chi connectivity index (χ2v) is 5.28. The van der Waals surface area contributed by atoms with Crippen molar-refractivity contribution in [3.63, 3.8) is 0 Å². The third kappa shape index (κ3) is 1.91. The second-order valence-electron chi connectivity index (χ2n) is 5.28. The van der Waals surface area contributed by atoms with Crippen LogP contribution in [0.2, 0.25) is 0 Å². The van der Waals surface area contributed by atoms with Crippen LogP contribution in [0.15, 0.2) is 24.4 Å². The van der Waals surface area contributed by atoms with Crippen molar-refractivity contribution in [3.05, 3.63) is 30.0 Å². The summed E-state index contributed by atoms with van der Waals surface area (Å²) in [6, 6.07) is 5.65. The van der Waals surface area contributed by atoms with Crippen LogP contribution in [0, 0.1) is 0 Å². The van der Waals surface area contributed by atoms with Crippen molar-refractivity contribution in [1.29, 1.82) is 0 Å². The van der Waals surface area contributed by atoms with Crippen molar-refractivity contribution >= 4 is 10.9 Å². The van der Waals surface area contributed by atoms with E-state index < -0.39 is 5.60 Å². The van der Waals surface area contributed by atoms with E-state index in [0.29, 0.717) is 0 Å². The number of aromatic nitrogens is 1. The molecular weight excluding hydrogens is 214 g/mol. The van der Waals surface area contributed by atoms with E-state index in [4.69, 9.17) is 0 Å². The Kier molecular flexibility index (Phi) is 2.66. The van der Waals surface area contributed by atoms with Crippen molar-refractivity contribution in [2.75, 3.05) is 0 Å². The fourth-order valence-corrected chi connectivity index (χ4v) is 2.19. The summed E-state index contributed by atoms with van der Waals surface area (Å²) in [6.07, 6.45) is 1.93. The highest BCUT2D eigenvalue weighted by Gasteiger charge is 2.23. The largest absolute Gasteiger partial charge is 0.506 e. The summed E-state index contributed by atoms with van der Waals surface area (Å²) in [7, 11) is 0. The fourth-order valence-electron chi connectivity index (χ4n) is 2.19. The first kappa shape index (κ1) is 12.0. The van der Waals surface area contributed by atoms with Crippen LogP contribution in [-0.2, 0) is 5.60 Å². The molecule has 0 aliphatic rings. The van der Waals surface area contributed by atoms with E-state index in [9.17, 15) is 10.2 Å². The molecule has 0 saturated heterocycles. The molecule has 0 aliphatic heterocycles. The highest BCUT2D eigenvalue weighted by molar-refractivity contribution is 5.89. The van der Waals surface area contributed by atoms with Gasteiger partial charge < -0.3 is 14.8 Å². The van der Waals surface area contributed by atoms with E-state index in [1.54, 1.807) is 26.0 Å². The van der Waals surface area contributed by atoms with Gasteiger partial charge in [-0.3, -0.25) is 0 Å². The zero-order valence-electron chi connectivity index (χ0n) is 10.7. The molecule has 0 saturated carbocycles. The Morgan fingerprint density at radius 2 is 1.88 bits per heavy atom. The number of hydrogen-bond donors (Lipinski definition) is 2. The van der Waals surface area contributed by atoms with E-state index >= 15 is 0 Å². The number of aliphatic hydroxyl groups is 1. The number of rotatable bonds is 2. The number of phenolic OH excluding ortho intramolecular Hbond substituents is 1. The summed E-state index contributed by atoms with van der Waals surface area (Å²) in [4.78, 5) is 0. The number of hydrogen-bond acceptors (Lipinski definition) is 2. The Morgan fingerprint density at radius 1 is 1.24 bits per heavy atom. The Bertz CT molecular complexity index is 547. The maximum atomic E-state index is 10.2. The van der Waals surface area contributed by atoms with Gasteiger partial charge in [-0.05, 0) is 33.8 Å². The Labute approximate surface area is 101 Å². The highest BCUT2D eigenvalue weighted by atomic mass is 16.3. The maximum Gasteiger partial charge on any atom is 0.139 e. The van der Waals surface area contributed by atoms with E-state index in [-0.39, 0.29) is 11.8 Å². The Morgan fingerprint density at radius 3 is 2.41 bits per heavy atom. The van der Waals surface area contributed by atoms with Gasteiger partial charge in [-0.15, -0.1) is 0 Å². The lowest BCUT2D eigenvalue weighted by Gasteiger charge is -2.16. The molecule has 1 heterocycles. The molecule has 0 unspecified atom stereocenters. The number of para-hydroxylation sites is 1. The lowest BCUT2D eigenvalue weighted by molar-refractivity contribution is 0.0799. The number of phenols is 1. The Balaban J connectivity index is 2.85. The van der Waals surface area contributed by atoms with Crippen LogP contribution in [0.25, 0.3) is 10.9 Å². The topological polar surface area (TPSA) is 45.4 Å². The zero-order valence-corrected chi connectivity index (χ0v) is 10.7. The summed E-state index contributed by atoms with van der Waals surface area (Å²) in [5.74, 6) is 0.256. The van der Waals surface area contributed by atoms with E-state index in [1.165, 1.54) is 0 Å². The first-order chi connectivity index (χ1) is 7.82. The first-order valence-corrected chi connectivity index (χ1v) is 5.87. The molecule has 0 atom stereocenters. The van der Waals surface area contributed by atoms with E-state index in [2.05, 4.69) is 13.8 Å². The van der Waals surface area contributed by atoms with Gasteiger partial charge in [-0.2, -0.15) is 0 Å². The van der Waals surface area contributed by atoms with Gasteiger partial charge in [0, 0.05) is 23.2 Å². The molecule has 17 heavy (non-hydrogen) atoms. The molecule has 0 fully saturated rings. The van der Waals surface area contributed by atoms with Crippen LogP contribution < -0.4 is 0 Å². The van der Waals surface area contributed by atoms with Crippen molar-refractivity contribution < 1.29 is 10.2 Å². The average molecular weight is 233 g/mol. The summed E-state index contributed by atoms with van der Waals surface area (Å²) < 4.78 is 2.00. The standard InChI is InChI=1S/C14H19NO2/c1-9(2)15-8-11(14(3,4)17)10-6-5-7-12(16)13(10)15/h5-9,16-17H,1-4H3. The van der Waals surface area contributed by atoms with E-state index in [0.717, 1.165) is 16.5 Å². The molecule has 0 radical (unpaired) electrons. The van der Waals surface area contributed by atoms with Crippen LogP contribution in [0.4, 0.5) is 0 Å². The molecule has 0 amide bonds. The van der Waals surface area contributed by atoms with Crippen molar-refractivity contribution in [3.8, 4) is 5.75 Å². The number of benzene rings is 1. The molecule has 1 aromatic carbocycles. The quantitative estimate of drug-likeness (QED) is 0.837. The van der Waals surface area contributed by atoms with Crippen LogP contribution in [0.5, 0.6) is 5.75 Å². The summed E-state index contributed by atoms with van der Waals surface area (Å²) in [5.41, 5.74) is 0.725. The van der Waals surface area contributed by atoms with Crippen LogP contribution >= 0.6 is 0 Å². The minimum Gasteiger partial charge on any atom is -0.506 e. The molecule has 1 aromatic heterocycles. The average Bonchev–Trinajstić information content (AvgIpc) is 2.57. The molecule has 2 aromatic rings. The molecule has 3 nitrogen and oxygen atoms in total. The molecular formula is C14H19NO2. The van der Waals surface area contributed by atoms with Gasteiger partial charge in [0.2, 0.25) is 0 Å². The molecule has 2 rings (SSSR count). The van der Waals surface area contributed by atoms with Crippen molar-refractivity contribution in [2.24, 2.45) is 0 Å². The summed E-state index contributed by atoms with van der Waals surface area (Å²) in [5, 5.41) is 21.1. The monoisotopic (exact) mass is 233 g/mol. The minimum absolute atomic E-state index is 0.238.